The minimum absolute atomic E-state index is 0.863. The monoisotopic (exact) mass is 353 g/mol. The third-order valence-corrected chi connectivity index (χ3v) is 15.3. The van der Waals surface area contributed by atoms with Gasteiger partial charge in [0, 0.05) is 12.2 Å². The molecule has 0 amide bonds. The summed E-state index contributed by atoms with van der Waals surface area (Å²) < 4.78 is 19.6. The molecule has 0 aromatic carbocycles. The molecule has 20 heavy (non-hydrogen) atoms. The van der Waals surface area contributed by atoms with Crippen molar-refractivity contribution < 1.29 is 12.3 Å². The van der Waals surface area contributed by atoms with Crippen LogP contribution in [0.5, 0.6) is 0 Å². The molecule has 4 nitrogen and oxygen atoms in total. The molecule has 0 rings (SSSR count). The van der Waals surface area contributed by atoms with Crippen molar-refractivity contribution in [3.05, 3.63) is 0 Å². The van der Waals surface area contributed by atoms with Gasteiger partial charge in [-0.05, 0) is 59.4 Å². The second kappa shape index (κ2) is 7.31. The highest BCUT2D eigenvalue weighted by atomic mass is 28.5. The summed E-state index contributed by atoms with van der Waals surface area (Å²) >= 11 is 0. The van der Waals surface area contributed by atoms with E-state index in [4.69, 9.17) is 12.3 Å². The zero-order chi connectivity index (χ0) is 16.2. The van der Waals surface area contributed by atoms with Gasteiger partial charge in [-0.2, -0.15) is 0 Å². The summed E-state index contributed by atoms with van der Waals surface area (Å²) in [5.74, 6) is 0. The number of nitrogens with one attached hydrogen (secondary N) is 1. The summed E-state index contributed by atoms with van der Waals surface area (Å²) in [6, 6.07) is 0.863. The summed E-state index contributed by atoms with van der Waals surface area (Å²) in [6.45, 7) is 19.9. The van der Waals surface area contributed by atoms with E-state index in [2.05, 4.69) is 64.6 Å². The molecule has 0 saturated carbocycles. The normalized spacial score (nSPS) is 14.7. The van der Waals surface area contributed by atoms with Gasteiger partial charge >= 0.3 is 8.80 Å². The average molecular weight is 354 g/mol. The Hall–Kier alpha value is 0.708. The maximum Gasteiger partial charge on any atom is 0.469 e. The molecule has 0 atom stereocenters. The Bertz CT molecular complexity index is 284. The highest BCUT2D eigenvalue weighted by Crippen LogP contribution is 2.28. The summed E-state index contributed by atoms with van der Waals surface area (Å²) in [4.78, 5) is 0. The summed E-state index contributed by atoms with van der Waals surface area (Å²) in [5.41, 5.74) is 0. The van der Waals surface area contributed by atoms with Crippen LogP contribution in [-0.2, 0) is 12.3 Å². The fourth-order valence-electron chi connectivity index (χ4n) is 2.09. The Morgan fingerprint density at radius 3 is 1.40 bits per heavy atom. The molecule has 0 aliphatic rings. The van der Waals surface area contributed by atoms with Crippen LogP contribution in [0, 0.1) is 0 Å². The van der Waals surface area contributed by atoms with E-state index < -0.39 is 33.8 Å². The van der Waals surface area contributed by atoms with E-state index in [9.17, 15) is 0 Å². The quantitative estimate of drug-likeness (QED) is 0.643. The lowest BCUT2D eigenvalue weighted by molar-refractivity contribution is 0.252. The van der Waals surface area contributed by atoms with Crippen LogP contribution in [-0.4, -0.2) is 47.0 Å². The van der Waals surface area contributed by atoms with Crippen LogP contribution in [0.2, 0.25) is 58.4 Å². The van der Waals surface area contributed by atoms with E-state index in [0.717, 1.165) is 12.2 Å². The van der Waals surface area contributed by atoms with Gasteiger partial charge < -0.3 is 17.7 Å². The van der Waals surface area contributed by atoms with Crippen molar-refractivity contribution in [3.8, 4) is 0 Å². The van der Waals surface area contributed by atoms with E-state index in [1.807, 2.05) is 7.05 Å². The zero-order valence-electron chi connectivity index (χ0n) is 15.1. The Balaban J connectivity index is 5.31. The Morgan fingerprint density at radius 1 is 0.750 bits per heavy atom. The standard InChI is InChI=1S/C12H35NO3Si4/c1-11-20(14-17(3,4)5,15-18(6,7)8)16-19(9,10)12-13-2/h13H,11-12H2,1-10H3. The molecule has 0 fully saturated rings. The molecular formula is C12H35NO3Si4. The largest absolute Gasteiger partial charge is 0.469 e. The lowest BCUT2D eigenvalue weighted by Crippen LogP contribution is -2.62. The van der Waals surface area contributed by atoms with Crippen LogP contribution >= 0.6 is 0 Å². The van der Waals surface area contributed by atoms with Gasteiger partial charge in [0.1, 0.15) is 0 Å². The van der Waals surface area contributed by atoms with Crippen molar-refractivity contribution in [2.45, 2.75) is 65.3 Å². The second-order valence-electron chi connectivity index (χ2n) is 7.86. The molecule has 0 spiro atoms. The summed E-state index contributed by atoms with van der Waals surface area (Å²) in [5, 5.41) is 3.25. The highest BCUT2D eigenvalue weighted by Gasteiger charge is 2.49. The molecule has 0 aliphatic carbocycles. The van der Waals surface area contributed by atoms with Crippen molar-refractivity contribution in [2.24, 2.45) is 0 Å². The van der Waals surface area contributed by atoms with E-state index in [1.54, 1.807) is 0 Å². The first-order valence-corrected chi connectivity index (χ1v) is 19.4. The first-order chi connectivity index (χ1) is 8.74. The van der Waals surface area contributed by atoms with Crippen molar-refractivity contribution >= 4 is 33.8 Å². The smallest absolute Gasteiger partial charge is 0.417 e. The molecule has 0 aromatic heterocycles. The van der Waals surface area contributed by atoms with Gasteiger partial charge in [-0.25, -0.2) is 0 Å². The Kier molecular flexibility index (Phi) is 7.57. The highest BCUT2D eigenvalue weighted by molar-refractivity contribution is 6.90. The van der Waals surface area contributed by atoms with Crippen molar-refractivity contribution in [1.29, 1.82) is 0 Å². The lowest BCUT2D eigenvalue weighted by atomic mass is 11.0. The van der Waals surface area contributed by atoms with Crippen LogP contribution in [0.3, 0.4) is 0 Å². The van der Waals surface area contributed by atoms with Gasteiger partial charge in [0.2, 0.25) is 0 Å². The van der Waals surface area contributed by atoms with E-state index in [0.29, 0.717) is 0 Å². The van der Waals surface area contributed by atoms with Crippen molar-refractivity contribution in [3.63, 3.8) is 0 Å². The predicted molar refractivity (Wildman–Crippen MR) is 97.6 cm³/mol. The molecule has 0 bridgehead atoms. The SMILES string of the molecule is CC[Si](O[Si](C)(C)C)(O[Si](C)(C)C)O[Si](C)(C)CNC. The molecule has 0 aliphatic heterocycles. The fourth-order valence-corrected chi connectivity index (χ4v) is 17.4. The van der Waals surface area contributed by atoms with Crippen LogP contribution in [0.1, 0.15) is 6.92 Å². The minimum Gasteiger partial charge on any atom is -0.417 e. The van der Waals surface area contributed by atoms with Crippen LogP contribution in [0.4, 0.5) is 0 Å². The Morgan fingerprint density at radius 2 is 1.15 bits per heavy atom. The van der Waals surface area contributed by atoms with Crippen LogP contribution in [0.15, 0.2) is 0 Å². The minimum atomic E-state index is -2.57. The average Bonchev–Trinajstić information content (AvgIpc) is 2.10. The second-order valence-corrected chi connectivity index (χ2v) is 24.7. The van der Waals surface area contributed by atoms with E-state index >= 15 is 0 Å². The molecule has 0 unspecified atom stereocenters. The summed E-state index contributed by atoms with van der Waals surface area (Å²) in [6.07, 6.45) is 0.922. The summed E-state index contributed by atoms with van der Waals surface area (Å²) in [7, 11) is -5.80. The van der Waals surface area contributed by atoms with Gasteiger partial charge in [-0.15, -0.1) is 0 Å². The van der Waals surface area contributed by atoms with Gasteiger partial charge in [-0.3, -0.25) is 0 Å². The van der Waals surface area contributed by atoms with Crippen molar-refractivity contribution in [2.75, 3.05) is 13.2 Å². The topological polar surface area (TPSA) is 39.7 Å². The molecule has 8 heteroatoms. The zero-order valence-corrected chi connectivity index (χ0v) is 19.1. The maximum atomic E-state index is 6.61. The number of hydrogen-bond donors (Lipinski definition) is 1. The van der Waals surface area contributed by atoms with Gasteiger partial charge in [0.15, 0.2) is 25.0 Å². The first-order valence-electron chi connectivity index (χ1n) is 7.49. The molecule has 0 aromatic rings. The van der Waals surface area contributed by atoms with Crippen LogP contribution < -0.4 is 5.32 Å². The Labute approximate surface area is 130 Å². The molecular weight excluding hydrogens is 318 g/mol. The predicted octanol–water partition coefficient (Wildman–Crippen LogP) is 3.63. The van der Waals surface area contributed by atoms with Gasteiger partial charge in [0.25, 0.3) is 0 Å². The molecule has 0 heterocycles. The molecule has 0 saturated heterocycles. The van der Waals surface area contributed by atoms with E-state index in [-0.39, 0.29) is 0 Å². The third kappa shape index (κ3) is 8.88. The van der Waals surface area contributed by atoms with Gasteiger partial charge in [-0.1, -0.05) is 6.92 Å². The maximum absolute atomic E-state index is 6.61. The van der Waals surface area contributed by atoms with Crippen LogP contribution in [0.25, 0.3) is 0 Å². The molecule has 1 N–H and O–H groups in total. The number of hydrogen-bond acceptors (Lipinski definition) is 4. The molecule has 122 valence electrons. The van der Waals surface area contributed by atoms with Gasteiger partial charge in [0.05, 0.1) is 0 Å². The third-order valence-electron chi connectivity index (χ3n) is 2.39. The molecule has 0 radical (unpaired) electrons. The van der Waals surface area contributed by atoms with E-state index in [1.165, 1.54) is 0 Å². The van der Waals surface area contributed by atoms with Crippen molar-refractivity contribution in [1.82, 2.24) is 5.32 Å². The number of rotatable bonds is 9. The fraction of sp³-hybridized carbons (Fsp3) is 1.00. The lowest BCUT2D eigenvalue weighted by Gasteiger charge is -2.43. The first kappa shape index (κ1) is 20.7.